The second-order valence-corrected chi connectivity index (χ2v) is 4.95. The normalized spacial score (nSPS) is 15.7. The molecular formula is C15H24N2O. The Morgan fingerprint density at radius 3 is 2.39 bits per heavy atom. The fraction of sp³-hybridized carbons (Fsp3) is 0.600. The molecule has 1 aromatic rings. The number of benzene rings is 1. The summed E-state index contributed by atoms with van der Waals surface area (Å²) in [6, 6.07) is 8.73. The van der Waals surface area contributed by atoms with E-state index in [0.717, 1.165) is 19.4 Å². The Morgan fingerprint density at radius 1 is 1.00 bits per heavy atom. The molecule has 2 rings (SSSR count). The molecule has 0 unspecified atom stereocenters. The Bertz CT molecular complexity index is 331. The molecule has 0 atom stereocenters. The second-order valence-electron chi connectivity index (χ2n) is 4.95. The van der Waals surface area contributed by atoms with Crippen molar-refractivity contribution in [2.75, 3.05) is 36.5 Å². The zero-order valence-corrected chi connectivity index (χ0v) is 11.1. The predicted octanol–water partition coefficient (Wildman–Crippen LogP) is 2.86. The minimum atomic E-state index is 0.287. The van der Waals surface area contributed by atoms with Crippen LogP contribution in [0, 0.1) is 0 Å². The highest BCUT2D eigenvalue weighted by Crippen LogP contribution is 2.21. The van der Waals surface area contributed by atoms with Gasteiger partial charge in [0.15, 0.2) is 0 Å². The van der Waals surface area contributed by atoms with E-state index in [9.17, 15) is 0 Å². The van der Waals surface area contributed by atoms with Crippen molar-refractivity contribution in [3.63, 3.8) is 0 Å². The van der Waals surface area contributed by atoms with Crippen molar-refractivity contribution in [2.24, 2.45) is 0 Å². The van der Waals surface area contributed by atoms with E-state index in [4.69, 9.17) is 5.11 Å². The maximum Gasteiger partial charge on any atom is 0.0431 e. The highest BCUT2D eigenvalue weighted by molar-refractivity contribution is 5.55. The van der Waals surface area contributed by atoms with Crippen LogP contribution in [-0.2, 0) is 0 Å². The van der Waals surface area contributed by atoms with E-state index in [2.05, 4.69) is 34.5 Å². The van der Waals surface area contributed by atoms with E-state index < -0.39 is 0 Å². The zero-order valence-electron chi connectivity index (χ0n) is 11.1. The summed E-state index contributed by atoms with van der Waals surface area (Å²) in [6.07, 6.45) is 5.91. The first-order valence-electron chi connectivity index (χ1n) is 7.10. The van der Waals surface area contributed by atoms with Crippen LogP contribution in [0.5, 0.6) is 0 Å². The van der Waals surface area contributed by atoms with Crippen molar-refractivity contribution in [3.8, 4) is 0 Å². The maximum atomic E-state index is 8.71. The lowest BCUT2D eigenvalue weighted by Gasteiger charge is -2.28. The van der Waals surface area contributed by atoms with Crippen LogP contribution in [0.3, 0.4) is 0 Å². The lowest BCUT2D eigenvalue weighted by molar-refractivity contribution is 0.286. The fourth-order valence-electron chi connectivity index (χ4n) is 2.41. The van der Waals surface area contributed by atoms with Crippen molar-refractivity contribution in [2.45, 2.75) is 32.1 Å². The van der Waals surface area contributed by atoms with Gasteiger partial charge in [-0.05, 0) is 56.4 Å². The minimum Gasteiger partial charge on any atom is -0.396 e. The molecule has 0 bridgehead atoms. The first-order valence-corrected chi connectivity index (χ1v) is 7.10. The lowest BCUT2D eigenvalue weighted by Crippen LogP contribution is -2.29. The fourth-order valence-corrected chi connectivity index (χ4v) is 2.41. The summed E-state index contributed by atoms with van der Waals surface area (Å²) >= 11 is 0. The number of unbranched alkanes of at least 4 members (excludes halogenated alkanes) is 1. The van der Waals surface area contributed by atoms with Crippen molar-refractivity contribution in [3.05, 3.63) is 24.3 Å². The quantitative estimate of drug-likeness (QED) is 0.760. The second kappa shape index (κ2) is 7.27. The largest absolute Gasteiger partial charge is 0.396 e. The SMILES string of the molecule is OCCCCNc1ccc(N2CCCCC2)cc1. The number of anilines is 2. The molecule has 0 radical (unpaired) electrons. The zero-order chi connectivity index (χ0) is 12.6. The maximum absolute atomic E-state index is 8.71. The molecular weight excluding hydrogens is 224 g/mol. The van der Waals surface area contributed by atoms with Gasteiger partial charge >= 0.3 is 0 Å². The molecule has 3 nitrogen and oxygen atoms in total. The third-order valence-corrected chi connectivity index (χ3v) is 3.50. The number of hydrogen-bond donors (Lipinski definition) is 2. The number of aliphatic hydroxyl groups is 1. The molecule has 0 amide bonds. The summed E-state index contributed by atoms with van der Waals surface area (Å²) in [5.74, 6) is 0. The van der Waals surface area contributed by atoms with Crippen LogP contribution in [0.4, 0.5) is 11.4 Å². The van der Waals surface area contributed by atoms with Gasteiger partial charge in [0.05, 0.1) is 0 Å². The molecule has 1 aromatic carbocycles. The molecule has 1 saturated heterocycles. The van der Waals surface area contributed by atoms with Crippen LogP contribution in [0.1, 0.15) is 32.1 Å². The summed E-state index contributed by atoms with van der Waals surface area (Å²) in [4.78, 5) is 2.47. The molecule has 3 heteroatoms. The summed E-state index contributed by atoms with van der Waals surface area (Å²) < 4.78 is 0. The number of nitrogens with one attached hydrogen (secondary N) is 1. The third-order valence-electron chi connectivity index (χ3n) is 3.50. The van der Waals surface area contributed by atoms with Crippen LogP contribution in [-0.4, -0.2) is 31.3 Å². The highest BCUT2D eigenvalue weighted by Gasteiger charge is 2.10. The van der Waals surface area contributed by atoms with E-state index in [0.29, 0.717) is 0 Å². The minimum absolute atomic E-state index is 0.287. The van der Waals surface area contributed by atoms with Crippen LogP contribution in [0.25, 0.3) is 0 Å². The lowest BCUT2D eigenvalue weighted by atomic mass is 10.1. The number of nitrogens with zero attached hydrogens (tertiary/aromatic N) is 1. The molecule has 2 N–H and O–H groups in total. The van der Waals surface area contributed by atoms with Gasteiger partial charge in [-0.15, -0.1) is 0 Å². The van der Waals surface area contributed by atoms with E-state index in [1.807, 2.05) is 0 Å². The number of rotatable bonds is 6. The van der Waals surface area contributed by atoms with Crippen molar-refractivity contribution >= 4 is 11.4 Å². The Morgan fingerprint density at radius 2 is 1.72 bits per heavy atom. The average molecular weight is 248 g/mol. The van der Waals surface area contributed by atoms with E-state index in [1.54, 1.807) is 0 Å². The van der Waals surface area contributed by atoms with Crippen LogP contribution >= 0.6 is 0 Å². The van der Waals surface area contributed by atoms with Crippen molar-refractivity contribution in [1.29, 1.82) is 0 Å². The summed E-state index contributed by atoms with van der Waals surface area (Å²) in [5, 5.41) is 12.1. The van der Waals surface area contributed by atoms with Crippen LogP contribution in [0.2, 0.25) is 0 Å². The smallest absolute Gasteiger partial charge is 0.0431 e. The van der Waals surface area contributed by atoms with Crippen LogP contribution < -0.4 is 10.2 Å². The average Bonchev–Trinajstić information content (AvgIpc) is 2.45. The number of piperidine rings is 1. The first-order chi connectivity index (χ1) is 8.90. The van der Waals surface area contributed by atoms with Gasteiger partial charge in [0, 0.05) is 37.6 Å². The summed E-state index contributed by atoms with van der Waals surface area (Å²) in [5.41, 5.74) is 2.52. The monoisotopic (exact) mass is 248 g/mol. The summed E-state index contributed by atoms with van der Waals surface area (Å²) in [6.45, 7) is 3.62. The molecule has 0 saturated carbocycles. The standard InChI is InChI=1S/C15H24N2O/c18-13-5-2-10-16-14-6-8-15(9-7-14)17-11-3-1-4-12-17/h6-9,16,18H,1-5,10-13H2. The molecule has 18 heavy (non-hydrogen) atoms. The van der Waals surface area contributed by atoms with Gasteiger partial charge < -0.3 is 15.3 Å². The van der Waals surface area contributed by atoms with Crippen molar-refractivity contribution < 1.29 is 5.11 Å². The third kappa shape index (κ3) is 3.91. The number of aliphatic hydroxyl groups excluding tert-OH is 1. The van der Waals surface area contributed by atoms with Gasteiger partial charge in [0.2, 0.25) is 0 Å². The van der Waals surface area contributed by atoms with Gasteiger partial charge in [0.1, 0.15) is 0 Å². The Hall–Kier alpha value is -1.22. The molecule has 0 aromatic heterocycles. The Labute approximate surface area is 110 Å². The Balaban J connectivity index is 1.81. The van der Waals surface area contributed by atoms with Crippen LogP contribution in [0.15, 0.2) is 24.3 Å². The molecule has 1 heterocycles. The highest BCUT2D eigenvalue weighted by atomic mass is 16.2. The topological polar surface area (TPSA) is 35.5 Å². The molecule has 100 valence electrons. The number of hydrogen-bond acceptors (Lipinski definition) is 3. The van der Waals surface area contributed by atoms with Gasteiger partial charge in [-0.25, -0.2) is 0 Å². The predicted molar refractivity (Wildman–Crippen MR) is 77.3 cm³/mol. The molecule has 1 fully saturated rings. The molecule has 1 aliphatic rings. The van der Waals surface area contributed by atoms with Gasteiger partial charge in [-0.1, -0.05) is 0 Å². The van der Waals surface area contributed by atoms with Gasteiger partial charge in [-0.3, -0.25) is 0 Å². The molecule has 0 aliphatic carbocycles. The van der Waals surface area contributed by atoms with Crippen molar-refractivity contribution in [1.82, 2.24) is 0 Å². The molecule has 0 spiro atoms. The first kappa shape index (κ1) is 13.2. The van der Waals surface area contributed by atoms with Gasteiger partial charge in [-0.2, -0.15) is 0 Å². The van der Waals surface area contributed by atoms with E-state index in [1.165, 1.54) is 43.7 Å². The molecule has 1 aliphatic heterocycles. The van der Waals surface area contributed by atoms with E-state index in [-0.39, 0.29) is 6.61 Å². The summed E-state index contributed by atoms with van der Waals surface area (Å²) in [7, 11) is 0. The van der Waals surface area contributed by atoms with E-state index >= 15 is 0 Å². The van der Waals surface area contributed by atoms with Gasteiger partial charge in [0.25, 0.3) is 0 Å². The Kier molecular flexibility index (Phi) is 5.34.